The maximum Gasteiger partial charge on any atom is 0.166 e. The van der Waals surface area contributed by atoms with E-state index in [1.165, 1.54) is 0 Å². The minimum atomic E-state index is 0.140. The Labute approximate surface area is 194 Å². The van der Waals surface area contributed by atoms with Gasteiger partial charge >= 0.3 is 0 Å². The van der Waals surface area contributed by atoms with Gasteiger partial charge in [-0.1, -0.05) is 6.92 Å². The first-order valence-electron chi connectivity index (χ1n) is 11.8. The zero-order valence-corrected chi connectivity index (χ0v) is 19.6. The third-order valence-corrected chi connectivity index (χ3v) is 6.75. The number of likely N-dealkylation sites (N-methyl/N-ethyl adjacent to an activating group) is 1. The first kappa shape index (κ1) is 21.9. The maximum absolute atomic E-state index is 10.8. The van der Waals surface area contributed by atoms with Crippen molar-refractivity contribution in [2.45, 2.75) is 32.7 Å². The van der Waals surface area contributed by atoms with Crippen LogP contribution in [0.5, 0.6) is 11.5 Å². The minimum Gasteiger partial charge on any atom is -0.507 e. The maximum atomic E-state index is 10.8. The Morgan fingerprint density at radius 3 is 2.52 bits per heavy atom. The molecule has 4 heterocycles. The third-order valence-electron chi connectivity index (χ3n) is 6.75. The number of rotatable bonds is 5. The molecular formula is C24H32N6O3. The molecule has 1 aromatic carbocycles. The summed E-state index contributed by atoms with van der Waals surface area (Å²) in [7, 11) is 1.59. The lowest BCUT2D eigenvalue weighted by Gasteiger charge is -2.34. The van der Waals surface area contributed by atoms with Crippen LogP contribution in [0.1, 0.15) is 31.6 Å². The summed E-state index contributed by atoms with van der Waals surface area (Å²) in [6.45, 7) is 10.4. The largest absolute Gasteiger partial charge is 0.507 e. The Morgan fingerprint density at radius 2 is 1.85 bits per heavy atom. The van der Waals surface area contributed by atoms with Gasteiger partial charge in [0.15, 0.2) is 17.0 Å². The van der Waals surface area contributed by atoms with E-state index in [1.807, 2.05) is 19.1 Å². The molecule has 3 aromatic rings. The highest BCUT2D eigenvalue weighted by Crippen LogP contribution is 2.39. The second-order valence-corrected chi connectivity index (χ2v) is 8.72. The van der Waals surface area contributed by atoms with Crippen molar-refractivity contribution in [2.24, 2.45) is 0 Å². The molecule has 0 unspecified atom stereocenters. The zero-order valence-electron chi connectivity index (χ0n) is 19.6. The Hall–Kier alpha value is -2.91. The van der Waals surface area contributed by atoms with E-state index >= 15 is 0 Å². The second kappa shape index (κ2) is 9.15. The average Bonchev–Trinajstić information content (AvgIpc) is 3.22. The summed E-state index contributed by atoms with van der Waals surface area (Å²) in [5.41, 5.74) is 2.29. The van der Waals surface area contributed by atoms with Gasteiger partial charge in [0.05, 0.1) is 12.7 Å². The highest BCUT2D eigenvalue weighted by atomic mass is 16.5. The lowest BCUT2D eigenvalue weighted by molar-refractivity contribution is 0.0708. The SMILES string of the molecule is CCN1CCN(c2nc(C)nc3c2nc(-c2ccc(OC)cc2O)n3C2CCOCC2)CC1. The molecule has 2 aromatic heterocycles. The van der Waals surface area contributed by atoms with Crippen LogP contribution in [0, 0.1) is 6.92 Å². The lowest BCUT2D eigenvalue weighted by Crippen LogP contribution is -2.46. The number of aromatic nitrogens is 4. The van der Waals surface area contributed by atoms with Crippen molar-refractivity contribution in [3.05, 3.63) is 24.0 Å². The van der Waals surface area contributed by atoms with E-state index < -0.39 is 0 Å². The Kier molecular flexibility index (Phi) is 6.07. The van der Waals surface area contributed by atoms with E-state index in [4.69, 9.17) is 24.4 Å². The number of benzene rings is 1. The number of aromatic hydroxyl groups is 1. The van der Waals surface area contributed by atoms with Crippen LogP contribution in [-0.4, -0.2) is 82.6 Å². The predicted octanol–water partition coefficient (Wildman–Crippen LogP) is 3.01. The number of aryl methyl sites for hydroxylation is 1. The van der Waals surface area contributed by atoms with E-state index in [9.17, 15) is 5.11 Å². The van der Waals surface area contributed by atoms with Gasteiger partial charge in [-0.2, -0.15) is 0 Å². The van der Waals surface area contributed by atoms with Crippen molar-refractivity contribution in [3.8, 4) is 22.9 Å². The van der Waals surface area contributed by atoms with Crippen LogP contribution >= 0.6 is 0 Å². The second-order valence-electron chi connectivity index (χ2n) is 8.72. The average molecular weight is 453 g/mol. The normalized spacial score (nSPS) is 18.2. The number of methoxy groups -OCH3 is 1. The molecule has 2 fully saturated rings. The van der Waals surface area contributed by atoms with Gasteiger partial charge in [0.2, 0.25) is 0 Å². The predicted molar refractivity (Wildman–Crippen MR) is 127 cm³/mol. The number of nitrogens with zero attached hydrogens (tertiary/aromatic N) is 6. The van der Waals surface area contributed by atoms with Gasteiger partial charge in [-0.15, -0.1) is 0 Å². The number of hydrogen-bond donors (Lipinski definition) is 1. The van der Waals surface area contributed by atoms with Gasteiger partial charge in [-0.05, 0) is 38.4 Å². The summed E-state index contributed by atoms with van der Waals surface area (Å²) >= 11 is 0. The van der Waals surface area contributed by atoms with E-state index in [1.54, 1.807) is 13.2 Å². The summed E-state index contributed by atoms with van der Waals surface area (Å²) in [6.07, 6.45) is 1.76. The fourth-order valence-electron chi connectivity index (χ4n) is 4.87. The van der Waals surface area contributed by atoms with Crippen LogP contribution in [0.2, 0.25) is 0 Å². The molecule has 0 saturated carbocycles. The van der Waals surface area contributed by atoms with Gasteiger partial charge in [0.25, 0.3) is 0 Å². The summed E-state index contributed by atoms with van der Waals surface area (Å²) in [6, 6.07) is 5.54. The fourth-order valence-corrected chi connectivity index (χ4v) is 4.87. The molecule has 9 heteroatoms. The standard InChI is InChI=1S/C24H32N6O3/c1-4-28-9-11-29(12-10-28)23-21-24(26-16(2)25-23)30(17-7-13-33-14-8-17)22(27-21)19-6-5-18(32-3)15-20(19)31/h5-6,15,17,31H,4,7-14H2,1-3H3. The fraction of sp³-hybridized carbons (Fsp3) is 0.542. The Bertz CT molecular complexity index is 1130. The molecule has 2 aliphatic heterocycles. The van der Waals surface area contributed by atoms with Crippen LogP contribution in [0.25, 0.3) is 22.6 Å². The molecule has 0 amide bonds. The van der Waals surface area contributed by atoms with Crippen LogP contribution < -0.4 is 9.64 Å². The molecule has 5 rings (SSSR count). The van der Waals surface area contributed by atoms with E-state index in [2.05, 4.69) is 21.3 Å². The van der Waals surface area contributed by atoms with Crippen LogP contribution in [0.3, 0.4) is 0 Å². The van der Waals surface area contributed by atoms with Crippen molar-refractivity contribution in [2.75, 3.05) is 57.9 Å². The number of phenols is 1. The smallest absolute Gasteiger partial charge is 0.166 e. The van der Waals surface area contributed by atoms with Crippen molar-refractivity contribution in [1.29, 1.82) is 0 Å². The first-order chi connectivity index (χ1) is 16.1. The number of phenolic OH excluding ortho intramolecular Hbond substituents is 1. The molecule has 2 aliphatic rings. The van der Waals surface area contributed by atoms with E-state index in [0.717, 1.165) is 68.4 Å². The number of fused-ring (bicyclic) bond motifs is 1. The molecule has 0 spiro atoms. The summed E-state index contributed by atoms with van der Waals surface area (Å²) in [4.78, 5) is 19.5. The monoisotopic (exact) mass is 452 g/mol. The number of ether oxygens (including phenoxy) is 2. The molecule has 33 heavy (non-hydrogen) atoms. The van der Waals surface area contributed by atoms with Crippen LogP contribution in [0.15, 0.2) is 18.2 Å². The minimum absolute atomic E-state index is 0.140. The molecule has 0 aliphatic carbocycles. The molecule has 176 valence electrons. The lowest BCUT2D eigenvalue weighted by atomic mass is 10.1. The molecule has 0 radical (unpaired) electrons. The van der Waals surface area contributed by atoms with Crippen molar-refractivity contribution < 1.29 is 14.6 Å². The first-order valence-corrected chi connectivity index (χ1v) is 11.8. The van der Waals surface area contributed by atoms with Gasteiger partial charge in [0, 0.05) is 51.5 Å². The molecule has 9 nitrogen and oxygen atoms in total. The third kappa shape index (κ3) is 4.11. The highest BCUT2D eigenvalue weighted by Gasteiger charge is 2.29. The van der Waals surface area contributed by atoms with Gasteiger partial charge in [-0.3, -0.25) is 0 Å². The Morgan fingerprint density at radius 1 is 1.09 bits per heavy atom. The zero-order chi connectivity index (χ0) is 22.9. The molecule has 0 atom stereocenters. The number of imidazole rings is 1. The summed E-state index contributed by atoms with van der Waals surface area (Å²) in [5, 5.41) is 10.8. The van der Waals surface area contributed by atoms with Crippen molar-refractivity contribution in [1.82, 2.24) is 24.4 Å². The van der Waals surface area contributed by atoms with Crippen molar-refractivity contribution >= 4 is 17.0 Å². The topological polar surface area (TPSA) is 88.8 Å². The van der Waals surface area contributed by atoms with E-state index in [0.29, 0.717) is 30.4 Å². The summed E-state index contributed by atoms with van der Waals surface area (Å²) < 4.78 is 13.1. The van der Waals surface area contributed by atoms with Crippen molar-refractivity contribution in [3.63, 3.8) is 0 Å². The molecule has 1 N–H and O–H groups in total. The molecular weight excluding hydrogens is 420 g/mol. The van der Waals surface area contributed by atoms with E-state index in [-0.39, 0.29) is 11.8 Å². The van der Waals surface area contributed by atoms with Crippen LogP contribution in [0.4, 0.5) is 5.82 Å². The number of anilines is 1. The quantitative estimate of drug-likeness (QED) is 0.632. The molecule has 0 bridgehead atoms. The van der Waals surface area contributed by atoms with Gasteiger partial charge in [-0.25, -0.2) is 15.0 Å². The number of hydrogen-bond acceptors (Lipinski definition) is 8. The van der Waals surface area contributed by atoms with Gasteiger partial charge < -0.3 is 28.9 Å². The number of piperazine rings is 1. The van der Waals surface area contributed by atoms with Crippen LogP contribution in [-0.2, 0) is 4.74 Å². The molecule has 2 saturated heterocycles. The summed E-state index contributed by atoms with van der Waals surface area (Å²) in [5.74, 6) is 3.07. The highest BCUT2D eigenvalue weighted by molar-refractivity contribution is 5.88. The van der Waals surface area contributed by atoms with Gasteiger partial charge in [0.1, 0.15) is 23.1 Å². The Balaban J connectivity index is 1.67.